The van der Waals surface area contributed by atoms with Crippen molar-refractivity contribution in [1.29, 1.82) is 0 Å². The maximum atomic E-state index is 12.0. The average Bonchev–Trinajstić information content (AvgIpc) is 2.68. The lowest BCUT2D eigenvalue weighted by molar-refractivity contribution is -0.148. The Labute approximate surface area is 158 Å². The summed E-state index contributed by atoms with van der Waals surface area (Å²) in [4.78, 5) is 23.4. The molecule has 7 nitrogen and oxygen atoms in total. The number of carbonyl (C=O) groups excluding carboxylic acids is 2. The molecule has 2 aromatic rings. The van der Waals surface area contributed by atoms with Gasteiger partial charge in [-0.2, -0.15) is 0 Å². The van der Waals surface area contributed by atoms with Crippen molar-refractivity contribution in [2.24, 2.45) is 0 Å². The van der Waals surface area contributed by atoms with E-state index >= 15 is 0 Å². The zero-order valence-electron chi connectivity index (χ0n) is 14.8. The molecule has 0 bridgehead atoms. The number of nitrogens with one attached hydrogen (secondary N) is 2. The van der Waals surface area contributed by atoms with Crippen molar-refractivity contribution in [3.63, 3.8) is 0 Å². The van der Waals surface area contributed by atoms with Gasteiger partial charge in [-0.3, -0.25) is 9.59 Å². The molecule has 2 N–H and O–H groups in total. The molecule has 0 spiro atoms. The number of sulfonamides is 1. The Balaban J connectivity index is 1.61. The monoisotopic (exact) mass is 390 g/mol. The second kappa shape index (κ2) is 10.4. The summed E-state index contributed by atoms with van der Waals surface area (Å²) < 4.78 is 31.1. The molecule has 0 aliphatic carbocycles. The standard InChI is InChI=1S/C19H22N2O5S/c22-18(20-13-11-16-7-3-1-4-8-16)15-26-19(23)12-14-21-27(24,25)17-9-5-2-6-10-17/h1-10,21H,11-15H2,(H,20,22). The van der Waals surface area contributed by atoms with Gasteiger partial charge in [-0.1, -0.05) is 48.5 Å². The topological polar surface area (TPSA) is 102 Å². The van der Waals surface area contributed by atoms with Crippen molar-refractivity contribution in [3.05, 3.63) is 66.2 Å². The minimum absolute atomic E-state index is 0.105. The Morgan fingerprint density at radius 2 is 1.52 bits per heavy atom. The normalized spacial score (nSPS) is 11.0. The van der Waals surface area contributed by atoms with E-state index in [4.69, 9.17) is 4.74 Å². The second-order valence-electron chi connectivity index (χ2n) is 5.71. The minimum atomic E-state index is -3.66. The first-order valence-electron chi connectivity index (χ1n) is 8.48. The molecule has 0 aromatic heterocycles. The highest BCUT2D eigenvalue weighted by atomic mass is 32.2. The summed E-state index contributed by atoms with van der Waals surface area (Å²) in [6.07, 6.45) is 0.519. The van der Waals surface area contributed by atoms with Gasteiger partial charge >= 0.3 is 5.97 Å². The van der Waals surface area contributed by atoms with Gasteiger partial charge in [0.2, 0.25) is 10.0 Å². The van der Waals surface area contributed by atoms with Crippen molar-refractivity contribution >= 4 is 21.9 Å². The Kier molecular flexibility index (Phi) is 7.97. The molecule has 0 fully saturated rings. The van der Waals surface area contributed by atoms with Crippen LogP contribution in [-0.4, -0.2) is 40.0 Å². The van der Waals surface area contributed by atoms with Crippen LogP contribution in [0, 0.1) is 0 Å². The first-order valence-corrected chi connectivity index (χ1v) is 9.96. The van der Waals surface area contributed by atoms with Crippen LogP contribution in [0.25, 0.3) is 0 Å². The third kappa shape index (κ3) is 7.59. The lowest BCUT2D eigenvalue weighted by Crippen LogP contribution is -2.31. The minimum Gasteiger partial charge on any atom is -0.456 e. The van der Waals surface area contributed by atoms with E-state index in [1.54, 1.807) is 18.2 Å². The summed E-state index contributed by atoms with van der Waals surface area (Å²) in [6.45, 7) is -0.0536. The summed E-state index contributed by atoms with van der Waals surface area (Å²) >= 11 is 0. The fourth-order valence-electron chi connectivity index (χ4n) is 2.23. The fraction of sp³-hybridized carbons (Fsp3) is 0.263. The second-order valence-corrected chi connectivity index (χ2v) is 7.47. The first-order chi connectivity index (χ1) is 13.0. The molecule has 2 rings (SSSR count). The summed E-state index contributed by atoms with van der Waals surface area (Å²) in [5.41, 5.74) is 1.10. The molecule has 1 amide bonds. The predicted molar refractivity (Wildman–Crippen MR) is 100 cm³/mol. The maximum absolute atomic E-state index is 12.0. The zero-order chi connectivity index (χ0) is 19.5. The van der Waals surface area contributed by atoms with Crippen molar-refractivity contribution < 1.29 is 22.7 Å². The van der Waals surface area contributed by atoms with Crippen LogP contribution in [0.5, 0.6) is 0 Å². The average molecular weight is 390 g/mol. The molecule has 0 saturated carbocycles. The SMILES string of the molecule is O=C(COC(=O)CCNS(=O)(=O)c1ccccc1)NCCc1ccccc1. The van der Waals surface area contributed by atoms with Gasteiger partial charge in [0, 0.05) is 13.1 Å². The van der Waals surface area contributed by atoms with Crippen molar-refractivity contribution in [2.75, 3.05) is 19.7 Å². The van der Waals surface area contributed by atoms with E-state index in [1.165, 1.54) is 12.1 Å². The predicted octanol–water partition coefficient (Wildman–Crippen LogP) is 1.26. The van der Waals surface area contributed by atoms with Crippen LogP contribution in [0.3, 0.4) is 0 Å². The lowest BCUT2D eigenvalue weighted by atomic mass is 10.1. The molecule has 8 heteroatoms. The fourth-order valence-corrected chi connectivity index (χ4v) is 3.28. The van der Waals surface area contributed by atoms with E-state index in [0.29, 0.717) is 13.0 Å². The number of ether oxygens (including phenoxy) is 1. The Hall–Kier alpha value is -2.71. The highest BCUT2D eigenvalue weighted by Gasteiger charge is 2.14. The van der Waals surface area contributed by atoms with E-state index < -0.39 is 21.9 Å². The van der Waals surface area contributed by atoms with E-state index in [-0.39, 0.29) is 24.5 Å². The quantitative estimate of drug-likeness (QED) is 0.595. The number of rotatable bonds is 10. The molecule has 0 unspecified atom stereocenters. The number of hydrogen-bond acceptors (Lipinski definition) is 5. The number of hydrogen-bond donors (Lipinski definition) is 2. The summed E-state index contributed by atoms with van der Waals surface area (Å²) in [5.74, 6) is -1.05. The zero-order valence-corrected chi connectivity index (χ0v) is 15.6. The van der Waals surface area contributed by atoms with Crippen molar-refractivity contribution in [2.45, 2.75) is 17.7 Å². The Morgan fingerprint density at radius 3 is 2.19 bits per heavy atom. The first kappa shape index (κ1) is 20.6. The third-order valence-electron chi connectivity index (χ3n) is 3.62. The molecular weight excluding hydrogens is 368 g/mol. The summed E-state index contributed by atoms with van der Waals surface area (Å²) in [5, 5.41) is 2.66. The molecule has 0 heterocycles. The molecule has 144 valence electrons. The molecule has 0 radical (unpaired) electrons. The molecule has 0 aliphatic rings. The van der Waals surface area contributed by atoms with Crippen molar-refractivity contribution in [3.8, 4) is 0 Å². The Morgan fingerprint density at radius 1 is 0.889 bits per heavy atom. The molecule has 0 aliphatic heterocycles. The van der Waals surface area contributed by atoms with Gasteiger partial charge in [0.25, 0.3) is 5.91 Å². The summed E-state index contributed by atoms with van der Waals surface area (Å²) in [7, 11) is -3.66. The molecule has 2 aromatic carbocycles. The van der Waals surface area contributed by atoms with Crippen LogP contribution in [-0.2, 0) is 30.8 Å². The van der Waals surface area contributed by atoms with Gasteiger partial charge in [0.1, 0.15) is 0 Å². The van der Waals surface area contributed by atoms with Crippen LogP contribution in [0.15, 0.2) is 65.6 Å². The molecular formula is C19H22N2O5S. The molecule has 0 saturated heterocycles. The number of esters is 1. The van der Waals surface area contributed by atoms with Gasteiger partial charge < -0.3 is 10.1 Å². The van der Waals surface area contributed by atoms with Crippen LogP contribution in [0.1, 0.15) is 12.0 Å². The van der Waals surface area contributed by atoms with E-state index in [9.17, 15) is 18.0 Å². The number of amides is 1. The number of carbonyl (C=O) groups is 2. The van der Waals surface area contributed by atoms with E-state index in [0.717, 1.165) is 5.56 Å². The lowest BCUT2D eigenvalue weighted by Gasteiger charge is -2.08. The van der Waals surface area contributed by atoms with Crippen LogP contribution >= 0.6 is 0 Å². The highest BCUT2D eigenvalue weighted by molar-refractivity contribution is 7.89. The highest BCUT2D eigenvalue weighted by Crippen LogP contribution is 2.06. The number of benzene rings is 2. The smallest absolute Gasteiger partial charge is 0.307 e. The largest absolute Gasteiger partial charge is 0.456 e. The van der Waals surface area contributed by atoms with E-state index in [2.05, 4.69) is 10.0 Å². The Bertz CT molecular complexity index is 839. The van der Waals surface area contributed by atoms with E-state index in [1.807, 2.05) is 30.3 Å². The van der Waals surface area contributed by atoms with Crippen molar-refractivity contribution in [1.82, 2.24) is 10.0 Å². The van der Waals surface area contributed by atoms with Gasteiger partial charge in [-0.05, 0) is 24.1 Å². The van der Waals surface area contributed by atoms with Gasteiger partial charge in [-0.15, -0.1) is 0 Å². The van der Waals surface area contributed by atoms with Crippen LogP contribution in [0.4, 0.5) is 0 Å². The van der Waals surface area contributed by atoms with Gasteiger partial charge in [0.05, 0.1) is 11.3 Å². The van der Waals surface area contributed by atoms with Gasteiger partial charge in [-0.25, -0.2) is 13.1 Å². The maximum Gasteiger partial charge on any atom is 0.307 e. The molecule has 27 heavy (non-hydrogen) atoms. The summed E-state index contributed by atoms with van der Waals surface area (Å²) in [6, 6.07) is 17.5. The van der Waals surface area contributed by atoms with Gasteiger partial charge in [0.15, 0.2) is 6.61 Å². The van der Waals surface area contributed by atoms with Crippen LogP contribution < -0.4 is 10.0 Å². The third-order valence-corrected chi connectivity index (χ3v) is 5.09. The van der Waals surface area contributed by atoms with Crippen LogP contribution in [0.2, 0.25) is 0 Å². The molecule has 0 atom stereocenters.